The van der Waals surface area contributed by atoms with Gasteiger partial charge in [-0.05, 0) is 50.2 Å². The predicted octanol–water partition coefficient (Wildman–Crippen LogP) is 4.58. The van der Waals surface area contributed by atoms with Crippen molar-refractivity contribution in [3.8, 4) is 22.8 Å². The van der Waals surface area contributed by atoms with E-state index in [-0.39, 0.29) is 5.69 Å². The zero-order chi connectivity index (χ0) is 23.4. The molecule has 33 heavy (non-hydrogen) atoms. The Morgan fingerprint density at radius 3 is 2.33 bits per heavy atom. The lowest BCUT2D eigenvalue weighted by Gasteiger charge is -2.21. The summed E-state index contributed by atoms with van der Waals surface area (Å²) in [5.74, 6) is 2.02. The molecule has 4 aromatic rings. The lowest BCUT2D eigenvalue weighted by atomic mass is 10.2. The number of rotatable bonds is 9. The molecule has 0 saturated heterocycles. The predicted molar refractivity (Wildman–Crippen MR) is 126 cm³/mol. The number of aromatic nitrogens is 5. The van der Waals surface area contributed by atoms with Crippen LogP contribution in [0.4, 0.5) is 11.4 Å². The molecule has 0 fully saturated rings. The van der Waals surface area contributed by atoms with Crippen molar-refractivity contribution in [2.75, 3.05) is 18.0 Å². The fraction of sp³-hybridized carbons (Fsp3) is 0.273. The van der Waals surface area contributed by atoms with Crippen molar-refractivity contribution < 1.29 is 9.45 Å². The number of benzene rings is 2. The van der Waals surface area contributed by atoms with Gasteiger partial charge in [0.05, 0.1) is 10.7 Å². The average molecular weight is 466 g/mol. The Labute approximate surface area is 194 Å². The van der Waals surface area contributed by atoms with Crippen molar-refractivity contribution >= 4 is 23.1 Å². The van der Waals surface area contributed by atoms with Crippen LogP contribution in [0.2, 0.25) is 0 Å². The summed E-state index contributed by atoms with van der Waals surface area (Å²) in [7, 11) is 1.92. The second-order valence-corrected chi connectivity index (χ2v) is 8.13. The minimum Gasteiger partial charge on any atom is -0.372 e. The Morgan fingerprint density at radius 2 is 1.70 bits per heavy atom. The number of hydrogen-bond donors (Lipinski definition) is 0. The summed E-state index contributed by atoms with van der Waals surface area (Å²) >= 11 is 1.44. The van der Waals surface area contributed by atoms with Gasteiger partial charge in [0, 0.05) is 49.1 Å². The van der Waals surface area contributed by atoms with Gasteiger partial charge in [0.2, 0.25) is 11.7 Å². The van der Waals surface area contributed by atoms with E-state index < -0.39 is 4.92 Å². The maximum atomic E-state index is 10.8. The monoisotopic (exact) mass is 465 g/mol. The maximum Gasteiger partial charge on any atom is 0.269 e. The molecule has 11 heteroatoms. The van der Waals surface area contributed by atoms with Crippen LogP contribution in [0.3, 0.4) is 0 Å². The van der Waals surface area contributed by atoms with Crippen molar-refractivity contribution in [1.29, 1.82) is 0 Å². The van der Waals surface area contributed by atoms with E-state index in [1.165, 1.54) is 29.6 Å². The highest BCUT2D eigenvalue weighted by atomic mass is 32.2. The molecule has 2 aromatic heterocycles. The van der Waals surface area contributed by atoms with E-state index >= 15 is 0 Å². The largest absolute Gasteiger partial charge is 0.372 e. The highest BCUT2D eigenvalue weighted by Crippen LogP contribution is 2.27. The number of nitrogens with zero attached hydrogens (tertiary/aromatic N) is 7. The average Bonchev–Trinajstić information content (AvgIpc) is 3.46. The van der Waals surface area contributed by atoms with E-state index in [1.54, 1.807) is 12.1 Å². The van der Waals surface area contributed by atoms with E-state index in [0.717, 1.165) is 29.6 Å². The number of nitro benzene ring substituents is 1. The topological polar surface area (TPSA) is 116 Å². The standard InChI is InChI=1S/C22H23N7O3S/c1-4-28(5-2)17-10-8-16(9-11-17)21-24-25-22(27(21)3)33-14-19-23-20(26-32-19)15-6-12-18(13-7-15)29(30)31/h6-13H,4-5,14H2,1-3H3. The number of non-ortho nitro benzene ring substituents is 1. The first-order valence-corrected chi connectivity index (χ1v) is 11.4. The van der Waals surface area contributed by atoms with Crippen LogP contribution < -0.4 is 4.90 Å². The van der Waals surface area contributed by atoms with Crippen LogP contribution in [0.25, 0.3) is 22.8 Å². The van der Waals surface area contributed by atoms with Gasteiger partial charge in [0.1, 0.15) is 0 Å². The zero-order valence-corrected chi connectivity index (χ0v) is 19.3. The first-order chi connectivity index (χ1) is 16.0. The van der Waals surface area contributed by atoms with Gasteiger partial charge < -0.3 is 14.0 Å². The normalized spacial score (nSPS) is 11.0. The summed E-state index contributed by atoms with van der Waals surface area (Å²) in [6.07, 6.45) is 0. The van der Waals surface area contributed by atoms with Gasteiger partial charge in [-0.2, -0.15) is 4.98 Å². The lowest BCUT2D eigenvalue weighted by Crippen LogP contribution is -2.21. The number of hydrogen-bond acceptors (Lipinski definition) is 9. The molecule has 0 saturated carbocycles. The molecule has 0 aliphatic carbocycles. The minimum absolute atomic E-state index is 0.0128. The molecular formula is C22H23N7O3S. The van der Waals surface area contributed by atoms with Crippen molar-refractivity contribution in [3.05, 3.63) is 64.5 Å². The Kier molecular flexibility index (Phi) is 6.68. The quantitative estimate of drug-likeness (QED) is 0.199. The zero-order valence-electron chi connectivity index (χ0n) is 18.5. The smallest absolute Gasteiger partial charge is 0.269 e. The SMILES string of the molecule is CCN(CC)c1ccc(-c2nnc(SCc3nc(-c4ccc([N+](=O)[O-])cc4)no3)n2C)cc1. The van der Waals surface area contributed by atoms with E-state index in [1.807, 2.05) is 11.6 Å². The molecule has 0 N–H and O–H groups in total. The molecule has 0 bridgehead atoms. The molecular weight excluding hydrogens is 442 g/mol. The van der Waals surface area contributed by atoms with Gasteiger partial charge >= 0.3 is 0 Å². The maximum absolute atomic E-state index is 10.8. The third-order valence-corrected chi connectivity index (χ3v) is 6.22. The Morgan fingerprint density at radius 1 is 1.03 bits per heavy atom. The number of nitro groups is 1. The molecule has 170 valence electrons. The molecule has 2 aromatic carbocycles. The van der Waals surface area contributed by atoms with Gasteiger partial charge in [-0.1, -0.05) is 16.9 Å². The summed E-state index contributed by atoms with van der Waals surface area (Å²) in [4.78, 5) is 17.0. The molecule has 4 rings (SSSR count). The third kappa shape index (κ3) is 4.87. The minimum atomic E-state index is -0.448. The van der Waals surface area contributed by atoms with Crippen molar-refractivity contribution in [2.45, 2.75) is 24.8 Å². The highest BCUT2D eigenvalue weighted by Gasteiger charge is 2.15. The Hall–Kier alpha value is -3.73. The first kappa shape index (κ1) is 22.5. The van der Waals surface area contributed by atoms with Gasteiger partial charge in [0.15, 0.2) is 11.0 Å². The third-order valence-electron chi connectivity index (χ3n) is 5.22. The Balaban J connectivity index is 1.43. The van der Waals surface area contributed by atoms with Crippen molar-refractivity contribution in [2.24, 2.45) is 7.05 Å². The van der Waals surface area contributed by atoms with Crippen LogP contribution in [0.1, 0.15) is 19.7 Å². The van der Waals surface area contributed by atoms with Gasteiger partial charge in [-0.25, -0.2) is 0 Å². The summed E-state index contributed by atoms with van der Waals surface area (Å²) in [6, 6.07) is 14.3. The van der Waals surface area contributed by atoms with E-state index in [9.17, 15) is 10.1 Å². The van der Waals surface area contributed by atoms with Gasteiger partial charge in [0.25, 0.3) is 5.69 Å². The van der Waals surface area contributed by atoms with Crippen molar-refractivity contribution in [3.63, 3.8) is 0 Å². The van der Waals surface area contributed by atoms with E-state index in [4.69, 9.17) is 4.52 Å². The number of anilines is 1. The molecule has 0 aliphatic heterocycles. The van der Waals surface area contributed by atoms with E-state index in [2.05, 4.69) is 63.4 Å². The first-order valence-electron chi connectivity index (χ1n) is 10.4. The fourth-order valence-corrected chi connectivity index (χ4v) is 4.14. The fourth-order valence-electron chi connectivity index (χ4n) is 3.39. The molecule has 2 heterocycles. The number of thioether (sulfide) groups is 1. The lowest BCUT2D eigenvalue weighted by molar-refractivity contribution is -0.384. The second-order valence-electron chi connectivity index (χ2n) is 7.19. The van der Waals surface area contributed by atoms with Crippen molar-refractivity contribution in [1.82, 2.24) is 24.9 Å². The van der Waals surface area contributed by atoms with E-state index in [0.29, 0.717) is 23.0 Å². The molecule has 10 nitrogen and oxygen atoms in total. The van der Waals surface area contributed by atoms with Crippen LogP contribution in [0.5, 0.6) is 0 Å². The second kappa shape index (κ2) is 9.82. The molecule has 0 aliphatic rings. The molecule has 0 spiro atoms. The van der Waals surface area contributed by atoms with Crippen LogP contribution in [-0.2, 0) is 12.8 Å². The van der Waals surface area contributed by atoms with Crippen LogP contribution in [0.15, 0.2) is 58.2 Å². The molecule has 0 unspecified atom stereocenters. The highest BCUT2D eigenvalue weighted by molar-refractivity contribution is 7.98. The Bertz CT molecular complexity index is 1230. The molecule has 0 amide bonds. The van der Waals surface area contributed by atoms with Crippen LogP contribution in [0, 0.1) is 10.1 Å². The summed E-state index contributed by atoms with van der Waals surface area (Å²) in [5.41, 5.74) is 2.83. The summed E-state index contributed by atoms with van der Waals surface area (Å²) in [6.45, 7) is 6.20. The summed E-state index contributed by atoms with van der Waals surface area (Å²) < 4.78 is 7.26. The molecule has 0 radical (unpaired) electrons. The van der Waals surface area contributed by atoms with Crippen LogP contribution >= 0.6 is 11.8 Å². The van der Waals surface area contributed by atoms with Gasteiger partial charge in [-0.15, -0.1) is 10.2 Å². The summed E-state index contributed by atoms with van der Waals surface area (Å²) in [5, 5.41) is 24.1. The molecule has 0 atom stereocenters. The van der Waals surface area contributed by atoms with Gasteiger partial charge in [-0.3, -0.25) is 10.1 Å². The van der Waals surface area contributed by atoms with Crippen LogP contribution in [-0.4, -0.2) is 42.9 Å².